The van der Waals surface area contributed by atoms with E-state index in [9.17, 15) is 4.79 Å². The molecule has 0 atom stereocenters. The van der Waals surface area contributed by atoms with Gasteiger partial charge in [0.2, 0.25) is 0 Å². The van der Waals surface area contributed by atoms with Crippen LogP contribution in [0.4, 0.5) is 0 Å². The number of H-pyrrole nitrogens is 1. The van der Waals surface area contributed by atoms with Crippen LogP contribution in [0.5, 0.6) is 0 Å². The van der Waals surface area contributed by atoms with Gasteiger partial charge in [-0.1, -0.05) is 18.2 Å². The van der Waals surface area contributed by atoms with Crippen LogP contribution in [0, 0.1) is 6.92 Å². The lowest BCUT2D eigenvalue weighted by Gasteiger charge is -2.31. The number of aromatic amines is 1. The zero-order chi connectivity index (χ0) is 14.7. The number of amides is 1. The molecular weight excluding hydrogens is 282 g/mol. The minimum absolute atomic E-state index is 0.0133. The fourth-order valence-electron chi connectivity index (χ4n) is 2.58. The van der Waals surface area contributed by atoms with Gasteiger partial charge in [0.25, 0.3) is 5.91 Å². The lowest BCUT2D eigenvalue weighted by atomic mass is 10.1. The Bertz CT molecular complexity index is 604. The standard InChI is InChI=1S/C16H19N3OS/c1-12-4-2-3-5-14(12)21-13-6-10-19(11-7-13)16(20)15-17-8-9-18-15/h2-5,8-9,13H,6-7,10-11H2,1H3,(H,17,18). The second-order valence-electron chi connectivity index (χ2n) is 5.31. The van der Waals surface area contributed by atoms with Crippen molar-refractivity contribution >= 4 is 17.7 Å². The number of hydrogen-bond donors (Lipinski definition) is 1. The summed E-state index contributed by atoms with van der Waals surface area (Å²) in [6.07, 6.45) is 5.37. The number of carbonyl (C=O) groups excluding carboxylic acids is 1. The van der Waals surface area contributed by atoms with Gasteiger partial charge in [-0.15, -0.1) is 11.8 Å². The Labute approximate surface area is 129 Å². The lowest BCUT2D eigenvalue weighted by Crippen LogP contribution is -2.39. The van der Waals surface area contributed by atoms with Crippen molar-refractivity contribution in [2.45, 2.75) is 29.9 Å². The van der Waals surface area contributed by atoms with Crippen LogP contribution in [0.25, 0.3) is 0 Å². The van der Waals surface area contributed by atoms with E-state index in [-0.39, 0.29) is 5.91 Å². The average Bonchev–Trinajstić information content (AvgIpc) is 3.04. The quantitative estimate of drug-likeness (QED) is 0.947. The summed E-state index contributed by atoms with van der Waals surface area (Å²) in [6, 6.07) is 8.49. The number of nitrogens with one attached hydrogen (secondary N) is 1. The molecular formula is C16H19N3OS. The lowest BCUT2D eigenvalue weighted by molar-refractivity contribution is 0.0716. The topological polar surface area (TPSA) is 49.0 Å². The average molecular weight is 301 g/mol. The predicted molar refractivity (Wildman–Crippen MR) is 84.5 cm³/mol. The third-order valence-corrected chi connectivity index (χ3v) is 5.33. The second kappa shape index (κ2) is 6.35. The van der Waals surface area contributed by atoms with E-state index in [1.165, 1.54) is 10.5 Å². The first-order chi connectivity index (χ1) is 10.2. The van der Waals surface area contributed by atoms with Crippen molar-refractivity contribution in [3.63, 3.8) is 0 Å². The molecule has 110 valence electrons. The molecule has 4 nitrogen and oxygen atoms in total. The van der Waals surface area contributed by atoms with E-state index in [2.05, 4.69) is 41.2 Å². The molecule has 3 rings (SSSR count). The van der Waals surface area contributed by atoms with Gasteiger partial charge in [-0.25, -0.2) is 4.98 Å². The van der Waals surface area contributed by atoms with Gasteiger partial charge < -0.3 is 9.88 Å². The number of aromatic nitrogens is 2. The van der Waals surface area contributed by atoms with Crippen LogP contribution in [0.15, 0.2) is 41.6 Å². The number of hydrogen-bond acceptors (Lipinski definition) is 3. The summed E-state index contributed by atoms with van der Waals surface area (Å²) in [4.78, 5) is 22.4. The van der Waals surface area contributed by atoms with Crippen LogP contribution in [0.2, 0.25) is 0 Å². The van der Waals surface area contributed by atoms with Crippen LogP contribution in [-0.4, -0.2) is 39.1 Å². The Morgan fingerprint density at radius 3 is 2.76 bits per heavy atom. The number of likely N-dealkylation sites (tertiary alicyclic amines) is 1. The van der Waals surface area contributed by atoms with E-state index in [0.29, 0.717) is 11.1 Å². The van der Waals surface area contributed by atoms with Crippen LogP contribution in [0.1, 0.15) is 29.0 Å². The fraction of sp³-hybridized carbons (Fsp3) is 0.375. The molecule has 0 saturated carbocycles. The molecule has 21 heavy (non-hydrogen) atoms. The van der Waals surface area contributed by atoms with Crippen LogP contribution >= 0.6 is 11.8 Å². The Balaban J connectivity index is 1.56. The van der Waals surface area contributed by atoms with Crippen molar-refractivity contribution in [1.29, 1.82) is 0 Å². The Morgan fingerprint density at radius 1 is 1.33 bits per heavy atom. The van der Waals surface area contributed by atoms with Crippen molar-refractivity contribution < 1.29 is 4.79 Å². The van der Waals surface area contributed by atoms with Gasteiger partial charge in [0.05, 0.1) is 0 Å². The molecule has 1 aliphatic rings. The fourth-order valence-corrected chi connectivity index (χ4v) is 3.79. The van der Waals surface area contributed by atoms with E-state index in [0.717, 1.165) is 25.9 Å². The highest BCUT2D eigenvalue weighted by Crippen LogP contribution is 2.32. The molecule has 1 aliphatic heterocycles. The Kier molecular flexibility index (Phi) is 4.29. The maximum atomic E-state index is 12.2. The molecule has 1 aromatic heterocycles. The van der Waals surface area contributed by atoms with Crippen molar-refractivity contribution in [2.24, 2.45) is 0 Å². The molecule has 0 radical (unpaired) electrons. The number of benzene rings is 1. The van der Waals surface area contributed by atoms with Gasteiger partial charge in [-0.3, -0.25) is 4.79 Å². The number of rotatable bonds is 3. The molecule has 0 unspecified atom stereocenters. The third-order valence-electron chi connectivity index (χ3n) is 3.82. The van der Waals surface area contributed by atoms with Crippen LogP contribution in [-0.2, 0) is 0 Å². The molecule has 2 aromatic rings. The summed E-state index contributed by atoms with van der Waals surface area (Å²) in [5.41, 5.74) is 1.33. The molecule has 0 aliphatic carbocycles. The largest absolute Gasteiger partial charge is 0.341 e. The highest BCUT2D eigenvalue weighted by atomic mass is 32.2. The summed E-state index contributed by atoms with van der Waals surface area (Å²) in [6.45, 7) is 3.77. The summed E-state index contributed by atoms with van der Waals surface area (Å²) >= 11 is 1.94. The minimum Gasteiger partial charge on any atom is -0.341 e. The first-order valence-electron chi connectivity index (χ1n) is 7.25. The van der Waals surface area contributed by atoms with Crippen molar-refractivity contribution in [3.8, 4) is 0 Å². The van der Waals surface area contributed by atoms with E-state index in [1.807, 2.05) is 16.7 Å². The highest BCUT2D eigenvalue weighted by Gasteiger charge is 2.25. The van der Waals surface area contributed by atoms with Gasteiger partial charge in [0, 0.05) is 35.6 Å². The zero-order valence-corrected chi connectivity index (χ0v) is 12.9. The Morgan fingerprint density at radius 2 is 2.10 bits per heavy atom. The normalized spacial score (nSPS) is 16.1. The highest BCUT2D eigenvalue weighted by molar-refractivity contribution is 8.00. The number of nitrogens with zero attached hydrogens (tertiary/aromatic N) is 2. The smallest absolute Gasteiger partial charge is 0.289 e. The first-order valence-corrected chi connectivity index (χ1v) is 8.13. The number of aryl methyl sites for hydroxylation is 1. The van der Waals surface area contributed by atoms with Gasteiger partial charge in [-0.05, 0) is 31.4 Å². The molecule has 1 saturated heterocycles. The predicted octanol–water partition coefficient (Wildman–Crippen LogP) is 3.12. The molecule has 1 fully saturated rings. The number of carbonyl (C=O) groups is 1. The van der Waals surface area contributed by atoms with E-state index in [1.54, 1.807) is 12.4 Å². The first kappa shape index (κ1) is 14.2. The van der Waals surface area contributed by atoms with Gasteiger partial charge >= 0.3 is 0 Å². The van der Waals surface area contributed by atoms with Gasteiger partial charge in [0.15, 0.2) is 5.82 Å². The number of imidazole rings is 1. The second-order valence-corrected chi connectivity index (χ2v) is 6.65. The minimum atomic E-state index is 0.0133. The summed E-state index contributed by atoms with van der Waals surface area (Å²) in [5, 5.41) is 0.590. The Hall–Kier alpha value is -1.75. The van der Waals surface area contributed by atoms with E-state index in [4.69, 9.17) is 0 Å². The molecule has 1 N–H and O–H groups in total. The molecule has 2 heterocycles. The molecule has 0 spiro atoms. The molecule has 1 aromatic carbocycles. The van der Waals surface area contributed by atoms with Crippen molar-refractivity contribution in [2.75, 3.05) is 13.1 Å². The third kappa shape index (κ3) is 3.29. The molecule has 1 amide bonds. The van der Waals surface area contributed by atoms with Crippen LogP contribution in [0.3, 0.4) is 0 Å². The van der Waals surface area contributed by atoms with E-state index < -0.39 is 0 Å². The van der Waals surface area contributed by atoms with Gasteiger partial charge in [0.1, 0.15) is 0 Å². The maximum Gasteiger partial charge on any atom is 0.289 e. The summed E-state index contributed by atoms with van der Waals surface area (Å²) in [7, 11) is 0. The summed E-state index contributed by atoms with van der Waals surface area (Å²) < 4.78 is 0. The van der Waals surface area contributed by atoms with Crippen molar-refractivity contribution in [3.05, 3.63) is 48.0 Å². The monoisotopic (exact) mass is 301 g/mol. The number of thioether (sulfide) groups is 1. The van der Waals surface area contributed by atoms with Crippen LogP contribution < -0.4 is 0 Å². The van der Waals surface area contributed by atoms with Crippen molar-refractivity contribution in [1.82, 2.24) is 14.9 Å². The number of piperidine rings is 1. The molecule has 5 heteroatoms. The summed E-state index contributed by atoms with van der Waals surface area (Å²) in [5.74, 6) is 0.458. The molecule has 0 bridgehead atoms. The van der Waals surface area contributed by atoms with E-state index >= 15 is 0 Å². The zero-order valence-electron chi connectivity index (χ0n) is 12.1. The maximum absolute atomic E-state index is 12.2. The van der Waals surface area contributed by atoms with Gasteiger partial charge in [-0.2, -0.15) is 0 Å². The SMILES string of the molecule is Cc1ccccc1SC1CCN(C(=O)c2ncc[nH]2)CC1.